The quantitative estimate of drug-likeness (QED) is 0.214. The van der Waals surface area contributed by atoms with Crippen molar-refractivity contribution in [2.75, 3.05) is 0 Å². The molecule has 46 heavy (non-hydrogen) atoms. The number of nitrogens with one attached hydrogen (secondary N) is 2. The van der Waals surface area contributed by atoms with Gasteiger partial charge in [0.15, 0.2) is 0 Å². The van der Waals surface area contributed by atoms with Crippen molar-refractivity contribution in [1.29, 1.82) is 0 Å². The summed E-state index contributed by atoms with van der Waals surface area (Å²) in [5.41, 5.74) is 15.3. The summed E-state index contributed by atoms with van der Waals surface area (Å²) >= 11 is 0. The number of aromatic nitrogens is 4. The molecule has 0 spiro atoms. The molecule has 0 radical (unpaired) electrons. The Labute approximate surface area is 268 Å². The van der Waals surface area contributed by atoms with Crippen LogP contribution in [-0.4, -0.2) is 19.9 Å². The third-order valence-electron chi connectivity index (χ3n) is 8.69. The maximum absolute atomic E-state index is 5.34. The van der Waals surface area contributed by atoms with E-state index in [-0.39, 0.29) is 5.41 Å². The molecule has 8 rings (SSSR count). The number of rotatable bonds is 3. The number of hydrogen-bond donors (Lipinski definition) is 2. The molecule has 2 aliphatic heterocycles. The van der Waals surface area contributed by atoms with Crippen LogP contribution in [0.25, 0.3) is 79.8 Å². The molecule has 4 nitrogen and oxygen atoms in total. The highest BCUT2D eigenvalue weighted by molar-refractivity contribution is 5.97. The summed E-state index contributed by atoms with van der Waals surface area (Å²) in [7, 11) is 0. The standard InChI is InChI=1S/C42H34N4/c1-42(2,3)41-36-25-23-34(45-36)39(28-15-9-5-10-16-28)32-21-19-30(43-32)38(27-13-7-4-8-14-27)31-20-22-33(44-31)40(29-17-11-6-12-18-29)35-24-26-37(41)46-35/h4-26,43,46H,1-3H3. The predicted molar refractivity (Wildman–Crippen MR) is 194 cm³/mol. The fourth-order valence-electron chi connectivity index (χ4n) is 6.72. The van der Waals surface area contributed by atoms with E-state index in [1.807, 2.05) is 0 Å². The first-order valence-corrected chi connectivity index (χ1v) is 15.8. The van der Waals surface area contributed by atoms with Crippen LogP contribution in [0.4, 0.5) is 0 Å². The minimum absolute atomic E-state index is 0.170. The molecule has 8 bridgehead atoms. The van der Waals surface area contributed by atoms with E-state index < -0.39 is 0 Å². The Morgan fingerprint density at radius 2 is 0.717 bits per heavy atom. The second-order valence-corrected chi connectivity index (χ2v) is 12.9. The summed E-state index contributed by atoms with van der Waals surface area (Å²) < 4.78 is 0. The van der Waals surface area contributed by atoms with Gasteiger partial charge >= 0.3 is 0 Å². The molecule has 3 aromatic carbocycles. The van der Waals surface area contributed by atoms with E-state index in [1.165, 1.54) is 5.56 Å². The van der Waals surface area contributed by atoms with Gasteiger partial charge in [0.2, 0.25) is 0 Å². The Kier molecular flexibility index (Phi) is 6.65. The second kappa shape index (κ2) is 11.0. The average Bonchev–Trinajstić information content (AvgIpc) is 3.89. The zero-order chi connectivity index (χ0) is 31.3. The first kappa shape index (κ1) is 27.8. The number of nitrogens with zero attached hydrogens (tertiary/aromatic N) is 2. The van der Waals surface area contributed by atoms with Gasteiger partial charge in [-0.05, 0) is 70.7 Å². The lowest BCUT2D eigenvalue weighted by atomic mass is 9.85. The van der Waals surface area contributed by atoms with Crippen LogP contribution in [-0.2, 0) is 5.41 Å². The molecule has 2 N–H and O–H groups in total. The number of H-pyrrole nitrogens is 2. The molecular weight excluding hydrogens is 560 g/mol. The van der Waals surface area contributed by atoms with Crippen molar-refractivity contribution in [2.45, 2.75) is 26.2 Å². The molecule has 3 aromatic heterocycles. The van der Waals surface area contributed by atoms with Crippen molar-refractivity contribution < 1.29 is 0 Å². The van der Waals surface area contributed by atoms with Crippen molar-refractivity contribution in [1.82, 2.24) is 19.9 Å². The Balaban J connectivity index is 1.59. The van der Waals surface area contributed by atoms with E-state index in [1.54, 1.807) is 0 Å². The van der Waals surface area contributed by atoms with Crippen LogP contribution in [0.1, 0.15) is 49.1 Å². The van der Waals surface area contributed by atoms with Gasteiger partial charge < -0.3 is 9.97 Å². The largest absolute Gasteiger partial charge is 0.355 e. The molecule has 6 aromatic rings. The van der Waals surface area contributed by atoms with E-state index in [0.29, 0.717) is 0 Å². The van der Waals surface area contributed by atoms with Gasteiger partial charge in [0.25, 0.3) is 0 Å². The minimum Gasteiger partial charge on any atom is -0.355 e. The summed E-state index contributed by atoms with van der Waals surface area (Å²) in [6, 6.07) is 40.3. The fraction of sp³-hybridized carbons (Fsp3) is 0.0952. The van der Waals surface area contributed by atoms with Crippen LogP contribution in [0.3, 0.4) is 0 Å². The van der Waals surface area contributed by atoms with Crippen LogP contribution in [0.15, 0.2) is 115 Å². The maximum atomic E-state index is 5.34. The van der Waals surface area contributed by atoms with Crippen molar-refractivity contribution >= 4 is 46.4 Å². The molecule has 0 saturated heterocycles. The summed E-state index contributed by atoms with van der Waals surface area (Å²) in [4.78, 5) is 18.3. The van der Waals surface area contributed by atoms with Crippen molar-refractivity contribution in [3.63, 3.8) is 0 Å². The monoisotopic (exact) mass is 594 g/mol. The van der Waals surface area contributed by atoms with Gasteiger partial charge in [0.05, 0.1) is 22.8 Å². The summed E-state index contributed by atoms with van der Waals surface area (Å²) in [5.74, 6) is 0. The SMILES string of the molecule is CC(C)(C)c1c2nc(c(-c3ccccc3)c3ccc([nH]3)c(-c3ccccc3)c3nc(c(-c4ccccc4)c4ccc1[nH]4)C=C3)C=C2. The van der Waals surface area contributed by atoms with Gasteiger partial charge in [-0.2, -0.15) is 0 Å². The van der Waals surface area contributed by atoms with Crippen LogP contribution < -0.4 is 0 Å². The number of aromatic amines is 2. The molecule has 0 fully saturated rings. The zero-order valence-corrected chi connectivity index (χ0v) is 26.2. The van der Waals surface area contributed by atoms with Crippen LogP contribution in [0.2, 0.25) is 0 Å². The molecule has 0 aliphatic carbocycles. The molecular formula is C42H34N4. The maximum Gasteiger partial charge on any atom is 0.0737 e. The molecule has 0 saturated carbocycles. The van der Waals surface area contributed by atoms with E-state index in [9.17, 15) is 0 Å². The van der Waals surface area contributed by atoms with Crippen molar-refractivity contribution in [3.05, 3.63) is 144 Å². The number of hydrogen-bond acceptors (Lipinski definition) is 2. The summed E-state index contributed by atoms with van der Waals surface area (Å²) in [6.45, 7) is 6.76. The summed E-state index contributed by atoms with van der Waals surface area (Å²) in [5, 5.41) is 0. The Hall–Kier alpha value is -5.74. The molecule has 0 unspecified atom stereocenters. The molecule has 4 heteroatoms. The third-order valence-corrected chi connectivity index (χ3v) is 8.69. The van der Waals surface area contributed by atoms with Gasteiger partial charge in [0, 0.05) is 44.3 Å². The topological polar surface area (TPSA) is 57.4 Å². The van der Waals surface area contributed by atoms with Gasteiger partial charge in [-0.1, -0.05) is 112 Å². The van der Waals surface area contributed by atoms with E-state index in [0.717, 1.165) is 78.2 Å². The zero-order valence-electron chi connectivity index (χ0n) is 26.2. The molecule has 222 valence electrons. The number of fused-ring (bicyclic) bond motifs is 8. The van der Waals surface area contributed by atoms with Crippen LogP contribution in [0, 0.1) is 0 Å². The second-order valence-electron chi connectivity index (χ2n) is 12.9. The van der Waals surface area contributed by atoms with Crippen LogP contribution >= 0.6 is 0 Å². The van der Waals surface area contributed by atoms with E-state index in [2.05, 4.69) is 170 Å². The molecule has 0 atom stereocenters. The van der Waals surface area contributed by atoms with Crippen LogP contribution in [0.5, 0.6) is 0 Å². The normalized spacial score (nSPS) is 12.5. The average molecular weight is 595 g/mol. The van der Waals surface area contributed by atoms with Crippen molar-refractivity contribution in [3.8, 4) is 33.4 Å². The smallest absolute Gasteiger partial charge is 0.0737 e. The molecule has 5 heterocycles. The van der Waals surface area contributed by atoms with Gasteiger partial charge in [-0.25, -0.2) is 9.97 Å². The Bertz CT molecular complexity index is 2280. The minimum atomic E-state index is -0.170. The van der Waals surface area contributed by atoms with Gasteiger partial charge in [-0.15, -0.1) is 0 Å². The lowest BCUT2D eigenvalue weighted by Crippen LogP contribution is -2.13. The lowest BCUT2D eigenvalue weighted by molar-refractivity contribution is 0.591. The number of benzene rings is 3. The van der Waals surface area contributed by atoms with Gasteiger partial charge in [-0.3, -0.25) is 0 Å². The van der Waals surface area contributed by atoms with E-state index >= 15 is 0 Å². The van der Waals surface area contributed by atoms with Gasteiger partial charge in [0.1, 0.15) is 0 Å². The third kappa shape index (κ3) is 4.89. The van der Waals surface area contributed by atoms with Crippen molar-refractivity contribution in [2.24, 2.45) is 0 Å². The fourth-order valence-corrected chi connectivity index (χ4v) is 6.72. The Morgan fingerprint density at radius 1 is 0.391 bits per heavy atom. The Morgan fingerprint density at radius 3 is 1.11 bits per heavy atom. The first-order valence-electron chi connectivity index (χ1n) is 15.8. The summed E-state index contributed by atoms with van der Waals surface area (Å²) in [6.07, 6.45) is 8.60. The predicted octanol–water partition coefficient (Wildman–Crippen LogP) is 11.0. The first-order chi connectivity index (χ1) is 22.4. The molecule has 2 aliphatic rings. The highest BCUT2D eigenvalue weighted by atomic mass is 14.8. The highest BCUT2D eigenvalue weighted by Crippen LogP contribution is 2.38. The van der Waals surface area contributed by atoms with E-state index in [4.69, 9.17) is 9.97 Å². The lowest BCUT2D eigenvalue weighted by Gasteiger charge is -2.20. The molecule has 0 amide bonds. The highest BCUT2D eigenvalue weighted by Gasteiger charge is 2.23.